The Bertz CT molecular complexity index is 661. The lowest BCUT2D eigenvalue weighted by Crippen LogP contribution is -2.15. The zero-order valence-corrected chi connectivity index (χ0v) is 13.7. The average Bonchev–Trinajstić information content (AvgIpc) is 2.49. The van der Waals surface area contributed by atoms with Gasteiger partial charge in [0.2, 0.25) is 0 Å². The van der Waals surface area contributed by atoms with Gasteiger partial charge in [-0.05, 0) is 30.2 Å². The molecule has 0 aliphatic rings. The minimum absolute atomic E-state index is 0.285. The highest BCUT2D eigenvalue weighted by Crippen LogP contribution is 2.37. The Labute approximate surface area is 132 Å². The molecule has 0 bridgehead atoms. The van der Waals surface area contributed by atoms with Gasteiger partial charge in [-0.1, -0.05) is 34.1 Å². The zero-order valence-electron chi connectivity index (χ0n) is 12.1. The highest BCUT2D eigenvalue weighted by Gasteiger charge is 2.19. The molecule has 0 saturated heterocycles. The molecule has 0 aliphatic carbocycles. The molecule has 0 aliphatic heterocycles. The highest BCUT2D eigenvalue weighted by molar-refractivity contribution is 9.10. The van der Waals surface area contributed by atoms with Crippen molar-refractivity contribution in [1.82, 2.24) is 0 Å². The molecule has 21 heavy (non-hydrogen) atoms. The summed E-state index contributed by atoms with van der Waals surface area (Å²) in [6.07, 6.45) is 0. The van der Waals surface area contributed by atoms with Gasteiger partial charge in [-0.15, -0.1) is 0 Å². The SMILES string of the molecule is COc1cc(Br)c(C(N)c2cccc(C)c2F)cc1OC. The molecule has 0 fully saturated rings. The van der Waals surface area contributed by atoms with Crippen molar-refractivity contribution in [3.63, 3.8) is 0 Å². The van der Waals surface area contributed by atoms with Crippen LogP contribution in [0.25, 0.3) is 0 Å². The van der Waals surface area contributed by atoms with Crippen molar-refractivity contribution in [1.29, 1.82) is 0 Å². The Balaban J connectivity index is 2.53. The van der Waals surface area contributed by atoms with Crippen molar-refractivity contribution in [3.8, 4) is 11.5 Å². The first-order valence-electron chi connectivity index (χ1n) is 6.41. The summed E-state index contributed by atoms with van der Waals surface area (Å²) >= 11 is 3.45. The van der Waals surface area contributed by atoms with Crippen molar-refractivity contribution >= 4 is 15.9 Å². The second-order valence-electron chi connectivity index (χ2n) is 4.68. The Hall–Kier alpha value is -1.59. The molecule has 0 radical (unpaired) electrons. The van der Waals surface area contributed by atoms with Crippen molar-refractivity contribution in [2.24, 2.45) is 5.73 Å². The van der Waals surface area contributed by atoms with E-state index in [1.54, 1.807) is 51.5 Å². The van der Waals surface area contributed by atoms with Gasteiger partial charge in [0.05, 0.1) is 20.3 Å². The molecule has 2 N–H and O–H groups in total. The van der Waals surface area contributed by atoms with Crippen LogP contribution in [0.4, 0.5) is 4.39 Å². The highest BCUT2D eigenvalue weighted by atomic mass is 79.9. The van der Waals surface area contributed by atoms with E-state index in [-0.39, 0.29) is 5.82 Å². The molecular weight excluding hydrogens is 337 g/mol. The summed E-state index contributed by atoms with van der Waals surface area (Å²) in [6, 6.07) is 8.13. The molecule has 0 spiro atoms. The molecular formula is C16H17BrFNO2. The number of benzene rings is 2. The summed E-state index contributed by atoms with van der Waals surface area (Å²) < 4.78 is 25.5. The van der Waals surface area contributed by atoms with Crippen LogP contribution in [-0.2, 0) is 0 Å². The normalized spacial score (nSPS) is 12.1. The van der Waals surface area contributed by atoms with Crippen LogP contribution in [0, 0.1) is 12.7 Å². The Morgan fingerprint density at radius 3 is 2.33 bits per heavy atom. The number of halogens is 2. The summed E-state index contributed by atoms with van der Waals surface area (Å²) in [5.41, 5.74) is 7.99. The largest absolute Gasteiger partial charge is 0.493 e. The lowest BCUT2D eigenvalue weighted by molar-refractivity contribution is 0.354. The Kier molecular flexibility index (Phi) is 4.85. The molecule has 1 unspecified atom stereocenters. The van der Waals surface area contributed by atoms with Crippen molar-refractivity contribution < 1.29 is 13.9 Å². The summed E-state index contributed by atoms with van der Waals surface area (Å²) in [7, 11) is 3.11. The van der Waals surface area contributed by atoms with Gasteiger partial charge in [0.15, 0.2) is 11.5 Å². The monoisotopic (exact) mass is 353 g/mol. The van der Waals surface area contributed by atoms with Gasteiger partial charge in [0.1, 0.15) is 5.82 Å². The topological polar surface area (TPSA) is 44.5 Å². The number of rotatable bonds is 4. The third kappa shape index (κ3) is 3.04. The lowest BCUT2D eigenvalue weighted by Gasteiger charge is -2.18. The summed E-state index contributed by atoms with van der Waals surface area (Å²) in [6.45, 7) is 1.72. The number of nitrogens with two attached hydrogens (primary N) is 1. The molecule has 0 amide bonds. The van der Waals surface area contributed by atoms with Crippen molar-refractivity contribution in [2.75, 3.05) is 14.2 Å². The maximum absolute atomic E-state index is 14.2. The minimum Gasteiger partial charge on any atom is -0.493 e. The van der Waals surface area contributed by atoms with Crippen LogP contribution in [0.5, 0.6) is 11.5 Å². The molecule has 0 aromatic heterocycles. The molecule has 3 nitrogen and oxygen atoms in total. The maximum Gasteiger partial charge on any atom is 0.161 e. The van der Waals surface area contributed by atoms with E-state index in [0.717, 1.165) is 10.0 Å². The molecule has 2 aromatic carbocycles. The Morgan fingerprint density at radius 2 is 1.71 bits per heavy atom. The molecule has 112 valence electrons. The molecule has 0 heterocycles. The lowest BCUT2D eigenvalue weighted by atomic mass is 9.97. The second-order valence-corrected chi connectivity index (χ2v) is 5.54. The second kappa shape index (κ2) is 6.45. The van der Waals surface area contributed by atoms with E-state index in [9.17, 15) is 4.39 Å². The van der Waals surface area contributed by atoms with Crippen LogP contribution < -0.4 is 15.2 Å². The third-order valence-corrected chi connectivity index (χ3v) is 4.08. The van der Waals surface area contributed by atoms with E-state index in [1.165, 1.54) is 0 Å². The predicted octanol–water partition coefficient (Wildman–Crippen LogP) is 3.96. The van der Waals surface area contributed by atoms with E-state index >= 15 is 0 Å². The van der Waals surface area contributed by atoms with E-state index in [2.05, 4.69) is 15.9 Å². The third-order valence-electron chi connectivity index (χ3n) is 3.39. The molecule has 2 rings (SSSR count). The quantitative estimate of drug-likeness (QED) is 0.904. The predicted molar refractivity (Wildman–Crippen MR) is 84.4 cm³/mol. The van der Waals surface area contributed by atoms with E-state index in [1.807, 2.05) is 0 Å². The summed E-state index contributed by atoms with van der Waals surface area (Å²) in [4.78, 5) is 0. The number of methoxy groups -OCH3 is 2. The standard InChI is InChI=1S/C16H17BrFNO2/c1-9-5-4-6-10(15(9)18)16(19)11-7-13(20-2)14(21-3)8-12(11)17/h4-8,16H,19H2,1-3H3. The van der Waals surface area contributed by atoms with E-state index in [0.29, 0.717) is 22.6 Å². The van der Waals surface area contributed by atoms with E-state index in [4.69, 9.17) is 15.2 Å². The van der Waals surface area contributed by atoms with Crippen LogP contribution in [0.1, 0.15) is 22.7 Å². The van der Waals surface area contributed by atoms with Crippen molar-refractivity contribution in [2.45, 2.75) is 13.0 Å². The van der Waals surface area contributed by atoms with Gasteiger partial charge in [-0.25, -0.2) is 4.39 Å². The van der Waals surface area contributed by atoms with Gasteiger partial charge in [-0.3, -0.25) is 0 Å². The van der Waals surface area contributed by atoms with Crippen LogP contribution >= 0.6 is 15.9 Å². The number of ether oxygens (including phenoxy) is 2. The zero-order chi connectivity index (χ0) is 15.6. The van der Waals surface area contributed by atoms with Crippen LogP contribution in [0.2, 0.25) is 0 Å². The first-order valence-corrected chi connectivity index (χ1v) is 7.21. The Morgan fingerprint density at radius 1 is 1.10 bits per heavy atom. The van der Waals surface area contributed by atoms with E-state index < -0.39 is 6.04 Å². The van der Waals surface area contributed by atoms with Crippen molar-refractivity contribution in [3.05, 3.63) is 57.3 Å². The fourth-order valence-corrected chi connectivity index (χ4v) is 2.76. The van der Waals surface area contributed by atoms with Crippen LogP contribution in [0.3, 0.4) is 0 Å². The first-order chi connectivity index (χ1) is 9.99. The van der Waals surface area contributed by atoms with Crippen LogP contribution in [0.15, 0.2) is 34.8 Å². The van der Waals surface area contributed by atoms with Gasteiger partial charge in [-0.2, -0.15) is 0 Å². The van der Waals surface area contributed by atoms with Gasteiger partial charge in [0, 0.05) is 10.0 Å². The summed E-state index contributed by atoms with van der Waals surface area (Å²) in [5.74, 6) is 0.857. The molecule has 1 atom stereocenters. The summed E-state index contributed by atoms with van der Waals surface area (Å²) in [5, 5.41) is 0. The minimum atomic E-state index is -0.598. The fourth-order valence-electron chi connectivity index (χ4n) is 2.19. The molecule has 2 aromatic rings. The molecule has 0 saturated carbocycles. The maximum atomic E-state index is 14.2. The first kappa shape index (κ1) is 15.8. The molecule has 5 heteroatoms. The number of aryl methyl sites for hydroxylation is 1. The van der Waals surface area contributed by atoms with Crippen LogP contribution in [-0.4, -0.2) is 14.2 Å². The fraction of sp³-hybridized carbons (Fsp3) is 0.250. The smallest absolute Gasteiger partial charge is 0.161 e. The number of hydrogen-bond donors (Lipinski definition) is 1. The number of hydrogen-bond acceptors (Lipinski definition) is 3. The van der Waals surface area contributed by atoms with Gasteiger partial charge >= 0.3 is 0 Å². The van der Waals surface area contributed by atoms with Gasteiger partial charge < -0.3 is 15.2 Å². The average molecular weight is 354 g/mol. The van der Waals surface area contributed by atoms with Gasteiger partial charge in [0.25, 0.3) is 0 Å².